The van der Waals surface area contributed by atoms with Crippen LogP contribution in [0.4, 0.5) is 0 Å². The maximum atomic E-state index is 6.09. The molecule has 1 aromatic heterocycles. The van der Waals surface area contributed by atoms with Crippen molar-refractivity contribution in [2.45, 2.75) is 58.4 Å². The summed E-state index contributed by atoms with van der Waals surface area (Å²) in [4.78, 5) is 0. The van der Waals surface area contributed by atoms with E-state index in [1.54, 1.807) is 0 Å². The number of aryl methyl sites for hydroxylation is 1. The molecule has 1 aliphatic rings. The minimum Gasteiger partial charge on any atom is -0.459 e. The molecule has 2 aromatic rings. The van der Waals surface area contributed by atoms with Crippen LogP contribution < -0.4 is 5.32 Å². The zero-order valence-corrected chi connectivity index (χ0v) is 13.3. The highest BCUT2D eigenvalue weighted by atomic mass is 16.3. The Labute approximate surface area is 127 Å². The van der Waals surface area contributed by atoms with E-state index in [9.17, 15) is 0 Å². The number of nitrogens with one attached hydrogen (secondary N) is 1. The fraction of sp³-hybridized carbons (Fsp3) is 0.579. The van der Waals surface area contributed by atoms with Crippen LogP contribution in [0, 0.1) is 12.8 Å². The highest BCUT2D eigenvalue weighted by Gasteiger charge is 2.20. The average molecular weight is 285 g/mol. The van der Waals surface area contributed by atoms with E-state index in [0.717, 1.165) is 23.8 Å². The van der Waals surface area contributed by atoms with Gasteiger partial charge in [-0.3, -0.25) is 0 Å². The summed E-state index contributed by atoms with van der Waals surface area (Å²) in [5.41, 5.74) is 2.31. The van der Waals surface area contributed by atoms with Gasteiger partial charge in [-0.15, -0.1) is 0 Å². The van der Waals surface area contributed by atoms with Crippen molar-refractivity contribution >= 4 is 11.0 Å². The first-order chi connectivity index (χ1) is 10.3. The highest BCUT2D eigenvalue weighted by Crippen LogP contribution is 2.33. The molecule has 114 valence electrons. The van der Waals surface area contributed by atoms with E-state index in [1.165, 1.54) is 49.5 Å². The van der Waals surface area contributed by atoms with Crippen LogP contribution in [0.2, 0.25) is 0 Å². The molecule has 1 atom stereocenters. The molecule has 1 saturated carbocycles. The molecule has 21 heavy (non-hydrogen) atoms. The monoisotopic (exact) mass is 285 g/mol. The van der Waals surface area contributed by atoms with Crippen molar-refractivity contribution in [3.63, 3.8) is 0 Å². The van der Waals surface area contributed by atoms with Crippen molar-refractivity contribution in [1.82, 2.24) is 5.32 Å². The summed E-state index contributed by atoms with van der Waals surface area (Å²) in [5, 5.41) is 4.84. The van der Waals surface area contributed by atoms with Gasteiger partial charge in [0.25, 0.3) is 0 Å². The number of hydrogen-bond donors (Lipinski definition) is 1. The van der Waals surface area contributed by atoms with Crippen LogP contribution in [0.3, 0.4) is 0 Å². The fourth-order valence-corrected chi connectivity index (χ4v) is 3.65. The third kappa shape index (κ3) is 3.49. The Morgan fingerprint density at radius 2 is 2.05 bits per heavy atom. The van der Waals surface area contributed by atoms with Crippen LogP contribution in [0.15, 0.2) is 28.7 Å². The van der Waals surface area contributed by atoms with Crippen molar-refractivity contribution in [1.29, 1.82) is 0 Å². The van der Waals surface area contributed by atoms with Crippen molar-refractivity contribution in [2.75, 3.05) is 6.54 Å². The summed E-state index contributed by atoms with van der Waals surface area (Å²) in [7, 11) is 0. The standard InChI is InChI=1S/C19H27NO/c1-3-20-17(10-9-15-6-4-5-7-15)19-13-16-12-14(2)8-11-18(16)21-19/h8,11-13,15,17,20H,3-7,9-10H2,1-2H3. The maximum Gasteiger partial charge on any atom is 0.134 e. The number of benzene rings is 1. The Balaban J connectivity index is 1.74. The van der Waals surface area contributed by atoms with E-state index in [0.29, 0.717) is 6.04 Å². The van der Waals surface area contributed by atoms with E-state index in [4.69, 9.17) is 4.42 Å². The maximum absolute atomic E-state index is 6.09. The minimum atomic E-state index is 0.364. The van der Waals surface area contributed by atoms with Gasteiger partial charge in [-0.1, -0.05) is 44.2 Å². The summed E-state index contributed by atoms with van der Waals surface area (Å²) in [5.74, 6) is 2.05. The molecule has 1 aromatic carbocycles. The minimum absolute atomic E-state index is 0.364. The predicted octanol–water partition coefficient (Wildman–Crippen LogP) is 5.36. The second kappa shape index (κ2) is 6.65. The number of fused-ring (bicyclic) bond motifs is 1. The third-order valence-corrected chi connectivity index (χ3v) is 4.82. The Morgan fingerprint density at radius 1 is 1.24 bits per heavy atom. The van der Waals surface area contributed by atoms with Gasteiger partial charge < -0.3 is 9.73 Å². The SMILES string of the molecule is CCNC(CCC1CCCC1)c1cc2cc(C)ccc2o1. The molecule has 0 radical (unpaired) electrons. The van der Waals surface area contributed by atoms with Gasteiger partial charge in [-0.05, 0) is 50.4 Å². The van der Waals surface area contributed by atoms with Crippen LogP contribution in [0.5, 0.6) is 0 Å². The molecule has 1 heterocycles. The van der Waals surface area contributed by atoms with Crippen LogP contribution >= 0.6 is 0 Å². The molecule has 0 saturated heterocycles. The Bertz CT molecular complexity index is 580. The van der Waals surface area contributed by atoms with E-state index in [-0.39, 0.29) is 0 Å². The summed E-state index contributed by atoms with van der Waals surface area (Å²) in [6.07, 6.45) is 8.24. The van der Waals surface area contributed by atoms with Crippen LogP contribution in [0.25, 0.3) is 11.0 Å². The first-order valence-corrected chi connectivity index (χ1v) is 8.49. The zero-order chi connectivity index (χ0) is 14.7. The van der Waals surface area contributed by atoms with Crippen molar-refractivity contribution < 1.29 is 4.42 Å². The zero-order valence-electron chi connectivity index (χ0n) is 13.3. The lowest BCUT2D eigenvalue weighted by Crippen LogP contribution is -2.21. The molecule has 0 bridgehead atoms. The molecule has 1 aliphatic carbocycles. The largest absolute Gasteiger partial charge is 0.459 e. The molecular weight excluding hydrogens is 258 g/mol. The molecule has 1 unspecified atom stereocenters. The Kier molecular flexibility index (Phi) is 4.64. The third-order valence-electron chi connectivity index (χ3n) is 4.82. The van der Waals surface area contributed by atoms with Crippen molar-refractivity contribution in [3.8, 4) is 0 Å². The van der Waals surface area contributed by atoms with Crippen LogP contribution in [-0.4, -0.2) is 6.54 Å². The summed E-state index contributed by atoms with van der Waals surface area (Å²) < 4.78 is 6.09. The lowest BCUT2D eigenvalue weighted by Gasteiger charge is -2.17. The lowest BCUT2D eigenvalue weighted by atomic mass is 9.97. The summed E-state index contributed by atoms with van der Waals surface area (Å²) >= 11 is 0. The average Bonchev–Trinajstić information content (AvgIpc) is 3.11. The predicted molar refractivity (Wildman–Crippen MR) is 88.6 cm³/mol. The molecule has 1 fully saturated rings. The summed E-state index contributed by atoms with van der Waals surface area (Å²) in [6.45, 7) is 5.30. The second-order valence-electron chi connectivity index (χ2n) is 6.53. The first kappa shape index (κ1) is 14.6. The fourth-order valence-electron chi connectivity index (χ4n) is 3.65. The van der Waals surface area contributed by atoms with E-state index < -0.39 is 0 Å². The van der Waals surface area contributed by atoms with Crippen molar-refractivity contribution in [2.24, 2.45) is 5.92 Å². The Hall–Kier alpha value is -1.28. The summed E-state index contributed by atoms with van der Waals surface area (Å²) in [6, 6.07) is 9.01. The van der Waals surface area contributed by atoms with E-state index in [1.807, 2.05) is 0 Å². The number of rotatable bonds is 6. The lowest BCUT2D eigenvalue weighted by molar-refractivity contribution is 0.372. The van der Waals surface area contributed by atoms with Crippen LogP contribution in [-0.2, 0) is 0 Å². The van der Waals surface area contributed by atoms with Gasteiger partial charge in [-0.25, -0.2) is 0 Å². The quantitative estimate of drug-likeness (QED) is 0.772. The topological polar surface area (TPSA) is 25.2 Å². The van der Waals surface area contributed by atoms with Crippen LogP contribution in [0.1, 0.15) is 62.8 Å². The van der Waals surface area contributed by atoms with E-state index in [2.05, 4.69) is 43.4 Å². The van der Waals surface area contributed by atoms with E-state index >= 15 is 0 Å². The number of furan rings is 1. The van der Waals surface area contributed by atoms with Gasteiger partial charge in [0.05, 0.1) is 6.04 Å². The van der Waals surface area contributed by atoms with Gasteiger partial charge in [-0.2, -0.15) is 0 Å². The van der Waals surface area contributed by atoms with Gasteiger partial charge in [0.2, 0.25) is 0 Å². The Morgan fingerprint density at radius 3 is 2.81 bits per heavy atom. The highest BCUT2D eigenvalue weighted by molar-refractivity contribution is 5.78. The molecule has 2 heteroatoms. The molecule has 3 rings (SSSR count). The molecular formula is C19H27NO. The smallest absolute Gasteiger partial charge is 0.134 e. The first-order valence-electron chi connectivity index (χ1n) is 8.49. The second-order valence-corrected chi connectivity index (χ2v) is 6.53. The normalized spacial score (nSPS) is 17.6. The number of hydrogen-bond acceptors (Lipinski definition) is 2. The molecule has 0 amide bonds. The molecule has 1 N–H and O–H groups in total. The van der Waals surface area contributed by atoms with Gasteiger partial charge >= 0.3 is 0 Å². The molecule has 0 spiro atoms. The van der Waals surface area contributed by atoms with Gasteiger partial charge in [0.15, 0.2) is 0 Å². The molecule has 2 nitrogen and oxygen atoms in total. The molecule has 0 aliphatic heterocycles. The van der Waals surface area contributed by atoms with Gasteiger partial charge in [0, 0.05) is 5.39 Å². The van der Waals surface area contributed by atoms with Crippen molar-refractivity contribution in [3.05, 3.63) is 35.6 Å². The van der Waals surface area contributed by atoms with Gasteiger partial charge in [0.1, 0.15) is 11.3 Å².